The summed E-state index contributed by atoms with van der Waals surface area (Å²) in [5.41, 5.74) is 3.22. The Balaban J connectivity index is 1.43. The molecule has 1 aromatic carbocycles. The molecule has 0 spiro atoms. The van der Waals surface area contributed by atoms with E-state index >= 15 is 0 Å². The van der Waals surface area contributed by atoms with E-state index in [-0.39, 0.29) is 17.6 Å². The number of nitrogens with one attached hydrogen (secondary N) is 1. The fourth-order valence-electron chi connectivity index (χ4n) is 3.60. The first-order valence-corrected chi connectivity index (χ1v) is 9.34. The van der Waals surface area contributed by atoms with E-state index < -0.39 is 0 Å². The van der Waals surface area contributed by atoms with Gasteiger partial charge in [0.15, 0.2) is 0 Å². The van der Waals surface area contributed by atoms with E-state index in [2.05, 4.69) is 15.2 Å². The van der Waals surface area contributed by atoms with Gasteiger partial charge in [0.25, 0.3) is 0 Å². The topological polar surface area (TPSA) is 67.4 Å². The molecule has 0 bridgehead atoms. The van der Waals surface area contributed by atoms with E-state index in [0.29, 0.717) is 30.9 Å². The third-order valence-corrected chi connectivity index (χ3v) is 5.23. The first kappa shape index (κ1) is 17.9. The van der Waals surface area contributed by atoms with Gasteiger partial charge in [0.2, 0.25) is 11.9 Å². The molecule has 2 heterocycles. The fraction of sp³-hybridized carbons (Fsp3) is 0.450. The Morgan fingerprint density at radius 2 is 2.15 bits per heavy atom. The van der Waals surface area contributed by atoms with Crippen molar-refractivity contribution in [3.05, 3.63) is 47.0 Å². The molecule has 6 nitrogen and oxygen atoms in total. The van der Waals surface area contributed by atoms with Gasteiger partial charge >= 0.3 is 0 Å². The van der Waals surface area contributed by atoms with Gasteiger partial charge in [-0.2, -0.15) is 0 Å². The van der Waals surface area contributed by atoms with Crippen LogP contribution in [0.4, 0.5) is 16.0 Å². The maximum atomic E-state index is 13.4. The third-order valence-electron chi connectivity index (χ3n) is 5.23. The summed E-state index contributed by atoms with van der Waals surface area (Å²) in [6, 6.07) is 4.62. The molecule has 7 heteroatoms. The van der Waals surface area contributed by atoms with Crippen molar-refractivity contribution >= 4 is 17.5 Å². The van der Waals surface area contributed by atoms with Crippen LogP contribution < -0.4 is 10.2 Å². The molecule has 0 saturated carbocycles. The van der Waals surface area contributed by atoms with E-state index in [0.717, 1.165) is 43.1 Å². The SMILES string of the molecule is Cc1cc(NC(=O)[C@@H]2CCc3nc(N4CCOCC4)ncc3C2)ccc1F. The first-order chi connectivity index (χ1) is 13.1. The van der Waals surface area contributed by atoms with Gasteiger partial charge in [0.1, 0.15) is 5.82 Å². The number of anilines is 2. The maximum Gasteiger partial charge on any atom is 0.227 e. The molecule has 1 N–H and O–H groups in total. The van der Waals surface area contributed by atoms with Gasteiger partial charge in [-0.1, -0.05) is 0 Å². The molecule has 1 aliphatic heterocycles. The number of amides is 1. The molecule has 0 unspecified atom stereocenters. The smallest absolute Gasteiger partial charge is 0.227 e. The summed E-state index contributed by atoms with van der Waals surface area (Å²) in [5.74, 6) is 0.319. The molecule has 4 rings (SSSR count). The number of ether oxygens (including phenoxy) is 1. The predicted octanol–water partition coefficient (Wildman–Crippen LogP) is 2.50. The molecule has 1 aromatic heterocycles. The van der Waals surface area contributed by atoms with Crippen LogP contribution in [-0.4, -0.2) is 42.2 Å². The van der Waals surface area contributed by atoms with Crippen LogP contribution in [0.15, 0.2) is 24.4 Å². The average molecular weight is 370 g/mol. The zero-order valence-electron chi connectivity index (χ0n) is 15.4. The van der Waals surface area contributed by atoms with Crippen molar-refractivity contribution in [2.75, 3.05) is 36.5 Å². The standard InChI is InChI=1S/C20H23FN4O2/c1-13-10-16(3-4-17(13)21)23-19(26)14-2-5-18-15(11-14)12-22-20(24-18)25-6-8-27-9-7-25/h3-4,10,12,14H,2,5-9,11H2,1H3,(H,23,26)/t14-/m1/s1. The summed E-state index contributed by atoms with van der Waals surface area (Å²) < 4.78 is 18.8. The van der Waals surface area contributed by atoms with Crippen molar-refractivity contribution in [2.45, 2.75) is 26.2 Å². The molecule has 1 amide bonds. The molecule has 142 valence electrons. The van der Waals surface area contributed by atoms with Crippen molar-refractivity contribution < 1.29 is 13.9 Å². The molecule has 1 aliphatic carbocycles. The normalized spacial score (nSPS) is 19.5. The highest BCUT2D eigenvalue weighted by Gasteiger charge is 2.27. The van der Waals surface area contributed by atoms with Crippen LogP contribution in [0.25, 0.3) is 0 Å². The second kappa shape index (κ2) is 7.60. The highest BCUT2D eigenvalue weighted by molar-refractivity contribution is 5.93. The lowest BCUT2D eigenvalue weighted by molar-refractivity contribution is -0.120. The van der Waals surface area contributed by atoms with Crippen molar-refractivity contribution in [2.24, 2.45) is 5.92 Å². The number of morpholine rings is 1. The first-order valence-electron chi connectivity index (χ1n) is 9.34. The molecule has 27 heavy (non-hydrogen) atoms. The van der Waals surface area contributed by atoms with E-state index in [1.54, 1.807) is 19.1 Å². The Morgan fingerprint density at radius 1 is 1.33 bits per heavy atom. The largest absolute Gasteiger partial charge is 0.378 e. The molecular formula is C20H23FN4O2. The number of fused-ring (bicyclic) bond motifs is 1. The molecule has 1 atom stereocenters. The van der Waals surface area contributed by atoms with Crippen LogP contribution >= 0.6 is 0 Å². The van der Waals surface area contributed by atoms with Gasteiger partial charge < -0.3 is 15.0 Å². The van der Waals surface area contributed by atoms with E-state index in [1.807, 2.05) is 6.20 Å². The minimum absolute atomic E-state index is 0.0380. The zero-order valence-corrected chi connectivity index (χ0v) is 15.4. The quantitative estimate of drug-likeness (QED) is 0.899. The average Bonchev–Trinajstić information content (AvgIpc) is 2.70. The number of carbonyl (C=O) groups excluding carboxylic acids is 1. The Bertz CT molecular complexity index is 852. The number of hydrogen-bond donors (Lipinski definition) is 1. The van der Waals surface area contributed by atoms with Gasteiger partial charge in [0.05, 0.1) is 13.2 Å². The van der Waals surface area contributed by atoms with Crippen molar-refractivity contribution in [1.29, 1.82) is 0 Å². The van der Waals surface area contributed by atoms with Gasteiger partial charge in [0, 0.05) is 36.6 Å². The van der Waals surface area contributed by atoms with Crippen molar-refractivity contribution in [3.8, 4) is 0 Å². The van der Waals surface area contributed by atoms with E-state index in [9.17, 15) is 9.18 Å². The minimum atomic E-state index is -0.271. The highest BCUT2D eigenvalue weighted by Crippen LogP contribution is 2.27. The number of halogens is 1. The second-order valence-electron chi connectivity index (χ2n) is 7.13. The van der Waals surface area contributed by atoms with Crippen LogP contribution in [0, 0.1) is 18.7 Å². The van der Waals surface area contributed by atoms with Crippen LogP contribution in [0.2, 0.25) is 0 Å². The second-order valence-corrected chi connectivity index (χ2v) is 7.13. The molecule has 1 saturated heterocycles. The Labute approximate surface area is 157 Å². The molecule has 0 radical (unpaired) electrons. The van der Waals surface area contributed by atoms with Crippen molar-refractivity contribution in [3.63, 3.8) is 0 Å². The highest BCUT2D eigenvalue weighted by atomic mass is 19.1. The number of aromatic nitrogens is 2. The molecule has 1 fully saturated rings. The zero-order chi connectivity index (χ0) is 18.8. The lowest BCUT2D eigenvalue weighted by atomic mass is 9.86. The van der Waals surface area contributed by atoms with Crippen molar-refractivity contribution in [1.82, 2.24) is 9.97 Å². The summed E-state index contributed by atoms with van der Waals surface area (Å²) in [6.07, 6.45) is 3.99. The summed E-state index contributed by atoms with van der Waals surface area (Å²) in [6.45, 7) is 4.70. The van der Waals surface area contributed by atoms with Gasteiger partial charge in [-0.25, -0.2) is 14.4 Å². The van der Waals surface area contributed by atoms with Gasteiger partial charge in [-0.05, 0) is 55.5 Å². The summed E-state index contributed by atoms with van der Waals surface area (Å²) in [4.78, 5) is 24.0. The number of rotatable bonds is 3. The van der Waals surface area contributed by atoms with Crippen LogP contribution in [0.5, 0.6) is 0 Å². The Hall–Kier alpha value is -2.54. The van der Waals surface area contributed by atoms with Crippen LogP contribution in [0.1, 0.15) is 23.2 Å². The Kier molecular flexibility index (Phi) is 5.03. The summed E-state index contributed by atoms with van der Waals surface area (Å²) in [7, 11) is 0. The third kappa shape index (κ3) is 3.93. The molecular weight excluding hydrogens is 347 g/mol. The number of benzene rings is 1. The number of hydrogen-bond acceptors (Lipinski definition) is 5. The molecule has 2 aliphatic rings. The fourth-order valence-corrected chi connectivity index (χ4v) is 3.60. The lowest BCUT2D eigenvalue weighted by Crippen LogP contribution is -2.38. The van der Waals surface area contributed by atoms with E-state index in [1.165, 1.54) is 6.07 Å². The number of nitrogens with zero attached hydrogens (tertiary/aromatic N) is 3. The monoisotopic (exact) mass is 370 g/mol. The molecule has 2 aromatic rings. The minimum Gasteiger partial charge on any atom is -0.378 e. The number of aryl methyl sites for hydroxylation is 2. The predicted molar refractivity (Wildman–Crippen MR) is 100 cm³/mol. The van der Waals surface area contributed by atoms with Gasteiger partial charge in [-0.15, -0.1) is 0 Å². The summed E-state index contributed by atoms with van der Waals surface area (Å²) >= 11 is 0. The number of carbonyl (C=O) groups is 1. The van der Waals surface area contributed by atoms with Crippen LogP contribution in [-0.2, 0) is 22.4 Å². The summed E-state index contributed by atoms with van der Waals surface area (Å²) in [5, 5.41) is 2.91. The van der Waals surface area contributed by atoms with E-state index in [4.69, 9.17) is 9.72 Å². The van der Waals surface area contributed by atoms with Crippen LogP contribution in [0.3, 0.4) is 0 Å². The lowest BCUT2D eigenvalue weighted by Gasteiger charge is -2.28. The Morgan fingerprint density at radius 3 is 2.93 bits per heavy atom. The maximum absolute atomic E-state index is 13.4. The van der Waals surface area contributed by atoms with Gasteiger partial charge in [-0.3, -0.25) is 4.79 Å².